The highest BCUT2D eigenvalue weighted by Gasteiger charge is 2.35. The summed E-state index contributed by atoms with van der Waals surface area (Å²) in [4.78, 5) is 17.6. The van der Waals surface area contributed by atoms with Crippen LogP contribution in [0, 0.1) is 6.92 Å². The van der Waals surface area contributed by atoms with Gasteiger partial charge in [-0.1, -0.05) is 78.5 Å². The largest absolute Gasteiger partial charge is 0.489 e. The fourth-order valence-electron chi connectivity index (χ4n) is 4.30. The van der Waals surface area contributed by atoms with Crippen LogP contribution >= 0.6 is 11.8 Å². The molecule has 37 heavy (non-hydrogen) atoms. The SMILES string of the molecule is COC(=O)C1=C(C)Nc2nc(SCc3ccccc3)nn2C1c1cccc(OCc2ccccc2C)c1. The van der Waals surface area contributed by atoms with Crippen molar-refractivity contribution in [3.05, 3.63) is 112 Å². The number of fused-ring (bicyclic) bond motifs is 1. The van der Waals surface area contributed by atoms with Gasteiger partial charge in [-0.05, 0) is 48.2 Å². The molecule has 3 aromatic carbocycles. The van der Waals surface area contributed by atoms with Crippen molar-refractivity contribution < 1.29 is 14.3 Å². The molecular formula is C29H28N4O3S. The van der Waals surface area contributed by atoms with E-state index in [9.17, 15) is 4.79 Å². The molecule has 4 aromatic rings. The lowest BCUT2D eigenvalue weighted by molar-refractivity contribution is -0.136. The third kappa shape index (κ3) is 5.39. The number of rotatable bonds is 8. The summed E-state index contributed by atoms with van der Waals surface area (Å²) >= 11 is 1.55. The highest BCUT2D eigenvalue weighted by atomic mass is 32.2. The number of aryl methyl sites for hydroxylation is 1. The first-order valence-corrected chi connectivity index (χ1v) is 13.0. The summed E-state index contributed by atoms with van der Waals surface area (Å²) in [5.41, 5.74) is 5.51. The van der Waals surface area contributed by atoms with Crippen molar-refractivity contribution in [1.29, 1.82) is 0 Å². The second-order valence-corrected chi connectivity index (χ2v) is 9.72. The first-order chi connectivity index (χ1) is 18.0. The van der Waals surface area contributed by atoms with Crippen molar-refractivity contribution in [2.75, 3.05) is 12.4 Å². The van der Waals surface area contributed by atoms with Gasteiger partial charge in [0, 0.05) is 11.4 Å². The average Bonchev–Trinajstić information content (AvgIpc) is 3.33. The standard InChI is InChI=1S/C29H28N4O3S/c1-19-10-7-8-13-23(19)17-36-24-15-9-14-22(16-24)26-25(27(34)35-3)20(2)30-28-31-29(32-33(26)28)37-18-21-11-5-4-6-12-21/h4-16,26H,17-18H2,1-3H3,(H,30,31,32). The Kier molecular flexibility index (Phi) is 7.28. The summed E-state index contributed by atoms with van der Waals surface area (Å²) in [5, 5.41) is 8.64. The Labute approximate surface area is 220 Å². The van der Waals surface area contributed by atoms with Gasteiger partial charge in [-0.2, -0.15) is 4.98 Å². The van der Waals surface area contributed by atoms with Gasteiger partial charge < -0.3 is 14.8 Å². The molecule has 0 saturated heterocycles. The normalized spacial score (nSPS) is 14.6. The van der Waals surface area contributed by atoms with Crippen molar-refractivity contribution in [3.8, 4) is 5.75 Å². The third-order valence-electron chi connectivity index (χ3n) is 6.28. The Morgan fingerprint density at radius 3 is 2.59 bits per heavy atom. The summed E-state index contributed by atoms with van der Waals surface area (Å²) in [6.45, 7) is 4.38. The van der Waals surface area contributed by atoms with Crippen LogP contribution in [0.15, 0.2) is 95.3 Å². The molecule has 0 saturated carbocycles. The van der Waals surface area contributed by atoms with Crippen LogP contribution in [-0.2, 0) is 21.9 Å². The van der Waals surface area contributed by atoms with Gasteiger partial charge in [0.15, 0.2) is 0 Å². The van der Waals surface area contributed by atoms with Gasteiger partial charge >= 0.3 is 5.97 Å². The Balaban J connectivity index is 1.45. The lowest BCUT2D eigenvalue weighted by atomic mass is 9.95. The van der Waals surface area contributed by atoms with Crippen LogP contribution in [0.4, 0.5) is 5.95 Å². The van der Waals surface area contributed by atoms with E-state index in [4.69, 9.17) is 19.6 Å². The Hall–Kier alpha value is -4.04. The molecule has 1 atom stereocenters. The van der Waals surface area contributed by atoms with Crippen LogP contribution in [-0.4, -0.2) is 27.8 Å². The summed E-state index contributed by atoms with van der Waals surface area (Å²) < 4.78 is 13.0. The van der Waals surface area contributed by atoms with Gasteiger partial charge in [-0.15, -0.1) is 5.10 Å². The number of thioether (sulfide) groups is 1. The number of methoxy groups -OCH3 is 1. The summed E-state index contributed by atoms with van der Waals surface area (Å²) in [6, 6.07) is 25.6. The number of esters is 1. The minimum atomic E-state index is -0.510. The number of aromatic nitrogens is 3. The molecule has 1 aliphatic rings. The highest BCUT2D eigenvalue weighted by Crippen LogP contribution is 2.38. The van der Waals surface area contributed by atoms with Crippen LogP contribution in [0.2, 0.25) is 0 Å². The molecule has 1 aromatic heterocycles. The molecular weight excluding hydrogens is 484 g/mol. The number of nitrogens with zero attached hydrogens (tertiary/aromatic N) is 3. The maximum atomic E-state index is 12.9. The topological polar surface area (TPSA) is 78.3 Å². The van der Waals surface area contributed by atoms with Crippen LogP contribution in [0.5, 0.6) is 5.75 Å². The second kappa shape index (κ2) is 10.9. The van der Waals surface area contributed by atoms with E-state index in [1.54, 1.807) is 16.4 Å². The zero-order valence-corrected chi connectivity index (χ0v) is 21.8. The minimum absolute atomic E-state index is 0.416. The number of carbonyl (C=O) groups excluding carboxylic acids is 1. The fraction of sp³-hybridized carbons (Fsp3) is 0.207. The van der Waals surface area contributed by atoms with Crippen LogP contribution < -0.4 is 10.1 Å². The zero-order valence-electron chi connectivity index (χ0n) is 21.0. The number of allylic oxidation sites excluding steroid dienone is 1. The number of carbonyl (C=O) groups is 1. The average molecular weight is 513 g/mol. The molecule has 2 heterocycles. The summed E-state index contributed by atoms with van der Waals surface area (Å²) in [6.07, 6.45) is 0. The molecule has 0 amide bonds. The number of benzene rings is 3. The Morgan fingerprint density at radius 2 is 1.81 bits per heavy atom. The minimum Gasteiger partial charge on any atom is -0.489 e. The van der Waals surface area contributed by atoms with Gasteiger partial charge in [-0.25, -0.2) is 9.48 Å². The number of anilines is 1. The monoisotopic (exact) mass is 512 g/mol. The molecule has 188 valence electrons. The number of hydrogen-bond donors (Lipinski definition) is 1. The van der Waals surface area contributed by atoms with E-state index >= 15 is 0 Å². The van der Waals surface area contributed by atoms with E-state index < -0.39 is 12.0 Å². The molecule has 1 unspecified atom stereocenters. The van der Waals surface area contributed by atoms with Crippen molar-refractivity contribution >= 4 is 23.7 Å². The third-order valence-corrected chi connectivity index (χ3v) is 7.19. The van der Waals surface area contributed by atoms with Crippen LogP contribution in [0.1, 0.15) is 35.2 Å². The first kappa shape index (κ1) is 24.6. The maximum Gasteiger partial charge on any atom is 0.338 e. The molecule has 7 nitrogen and oxygen atoms in total. The van der Waals surface area contributed by atoms with Crippen molar-refractivity contribution in [2.45, 2.75) is 37.4 Å². The van der Waals surface area contributed by atoms with Crippen molar-refractivity contribution in [3.63, 3.8) is 0 Å². The molecule has 5 rings (SSSR count). The van der Waals surface area contributed by atoms with E-state index in [-0.39, 0.29) is 0 Å². The molecule has 1 N–H and O–H groups in total. The smallest absolute Gasteiger partial charge is 0.338 e. The van der Waals surface area contributed by atoms with Crippen molar-refractivity contribution in [2.24, 2.45) is 0 Å². The number of ether oxygens (including phenoxy) is 2. The number of nitrogens with one attached hydrogen (secondary N) is 1. The zero-order chi connectivity index (χ0) is 25.8. The van der Waals surface area contributed by atoms with E-state index in [1.165, 1.54) is 18.2 Å². The molecule has 0 aliphatic carbocycles. The van der Waals surface area contributed by atoms with Gasteiger partial charge in [0.05, 0.1) is 12.7 Å². The fourth-order valence-corrected chi connectivity index (χ4v) is 5.09. The molecule has 0 bridgehead atoms. The van der Waals surface area contributed by atoms with Crippen molar-refractivity contribution in [1.82, 2.24) is 14.8 Å². The van der Waals surface area contributed by atoms with E-state index in [0.29, 0.717) is 34.7 Å². The molecule has 0 radical (unpaired) electrons. The van der Waals surface area contributed by atoms with Gasteiger partial charge in [0.1, 0.15) is 18.4 Å². The quantitative estimate of drug-likeness (QED) is 0.232. The van der Waals surface area contributed by atoms with Crippen LogP contribution in [0.3, 0.4) is 0 Å². The molecule has 8 heteroatoms. The van der Waals surface area contributed by atoms with Gasteiger partial charge in [0.25, 0.3) is 0 Å². The lowest BCUT2D eigenvalue weighted by Crippen LogP contribution is -2.29. The maximum absolute atomic E-state index is 12.9. The van der Waals surface area contributed by atoms with E-state index in [2.05, 4.69) is 36.5 Å². The van der Waals surface area contributed by atoms with E-state index in [1.807, 2.05) is 61.5 Å². The van der Waals surface area contributed by atoms with Crippen LogP contribution in [0.25, 0.3) is 0 Å². The highest BCUT2D eigenvalue weighted by molar-refractivity contribution is 7.98. The Bertz CT molecular complexity index is 1450. The molecule has 0 spiro atoms. The molecule has 1 aliphatic heterocycles. The predicted molar refractivity (Wildman–Crippen MR) is 144 cm³/mol. The van der Waals surface area contributed by atoms with Gasteiger partial charge in [-0.3, -0.25) is 0 Å². The second-order valence-electron chi connectivity index (χ2n) is 8.78. The van der Waals surface area contributed by atoms with Gasteiger partial charge in [0.2, 0.25) is 11.1 Å². The van der Waals surface area contributed by atoms with E-state index in [0.717, 1.165) is 16.9 Å². The molecule has 0 fully saturated rings. The Morgan fingerprint density at radius 1 is 1.03 bits per heavy atom. The lowest BCUT2D eigenvalue weighted by Gasteiger charge is -2.28. The first-order valence-electron chi connectivity index (χ1n) is 12.0. The number of hydrogen-bond acceptors (Lipinski definition) is 7. The predicted octanol–water partition coefficient (Wildman–Crippen LogP) is 5.92. The summed E-state index contributed by atoms with van der Waals surface area (Å²) in [7, 11) is 1.39. The summed E-state index contributed by atoms with van der Waals surface area (Å²) in [5.74, 6) is 1.62.